The molecular formula is C28H34N2O3S. The van der Waals surface area contributed by atoms with E-state index in [0.29, 0.717) is 36.2 Å². The van der Waals surface area contributed by atoms with Crippen LogP contribution < -0.4 is 5.32 Å². The summed E-state index contributed by atoms with van der Waals surface area (Å²) in [5.74, 6) is 2.59. The van der Waals surface area contributed by atoms with Crippen LogP contribution in [0.1, 0.15) is 56.9 Å². The quantitative estimate of drug-likeness (QED) is 0.643. The third-order valence-electron chi connectivity index (χ3n) is 9.01. The zero-order valence-electron chi connectivity index (χ0n) is 19.7. The van der Waals surface area contributed by atoms with Gasteiger partial charge >= 0.3 is 0 Å². The van der Waals surface area contributed by atoms with Gasteiger partial charge in [0.2, 0.25) is 15.9 Å². The fraction of sp³-hybridized carbons (Fsp3) is 0.536. The molecule has 4 aliphatic carbocycles. The van der Waals surface area contributed by atoms with Crippen LogP contribution in [0, 0.1) is 23.7 Å². The van der Waals surface area contributed by atoms with E-state index >= 15 is 0 Å². The van der Waals surface area contributed by atoms with Crippen LogP contribution in [0.3, 0.4) is 0 Å². The van der Waals surface area contributed by atoms with Crippen LogP contribution in [-0.2, 0) is 20.2 Å². The normalized spacial score (nSPS) is 31.5. The second-order valence-corrected chi connectivity index (χ2v) is 13.2. The Bertz CT molecular complexity index is 1120. The zero-order valence-corrected chi connectivity index (χ0v) is 20.5. The van der Waals surface area contributed by atoms with Crippen LogP contribution in [-0.4, -0.2) is 31.7 Å². The highest BCUT2D eigenvalue weighted by Crippen LogP contribution is 2.60. The summed E-state index contributed by atoms with van der Waals surface area (Å²) in [6, 6.07) is 17.2. The van der Waals surface area contributed by atoms with Crippen LogP contribution in [0.4, 0.5) is 5.69 Å². The van der Waals surface area contributed by atoms with Crippen molar-refractivity contribution in [3.63, 3.8) is 0 Å². The first kappa shape index (κ1) is 22.3. The molecule has 1 amide bonds. The Kier molecular flexibility index (Phi) is 5.57. The molecular weight excluding hydrogens is 444 g/mol. The molecule has 1 saturated heterocycles. The molecule has 7 rings (SSSR count). The zero-order chi connectivity index (χ0) is 23.3. The molecule has 0 atom stereocenters. The number of benzene rings is 2. The van der Waals surface area contributed by atoms with Crippen molar-refractivity contribution in [2.45, 2.75) is 61.7 Å². The third kappa shape index (κ3) is 3.99. The van der Waals surface area contributed by atoms with Gasteiger partial charge in [-0.1, -0.05) is 30.3 Å². The molecule has 0 radical (unpaired) electrons. The number of anilines is 1. The Morgan fingerprint density at radius 3 is 1.94 bits per heavy atom. The fourth-order valence-corrected chi connectivity index (χ4v) is 9.21. The minimum absolute atomic E-state index is 0.000636. The summed E-state index contributed by atoms with van der Waals surface area (Å²) in [6.45, 7) is 0.751. The summed E-state index contributed by atoms with van der Waals surface area (Å²) in [5.41, 5.74) is 2.68. The van der Waals surface area contributed by atoms with Gasteiger partial charge in [0.05, 0.1) is 4.90 Å². The topological polar surface area (TPSA) is 66.5 Å². The number of nitrogens with zero attached hydrogens (tertiary/aromatic N) is 1. The molecule has 4 saturated carbocycles. The number of rotatable bonds is 5. The summed E-state index contributed by atoms with van der Waals surface area (Å²) in [5, 5.41) is 3.09. The molecule has 5 aliphatic rings. The van der Waals surface area contributed by atoms with Crippen molar-refractivity contribution in [3.05, 3.63) is 60.2 Å². The molecule has 5 nitrogen and oxygen atoms in total. The van der Waals surface area contributed by atoms with E-state index in [0.717, 1.165) is 23.4 Å². The Morgan fingerprint density at radius 2 is 1.38 bits per heavy atom. The minimum atomic E-state index is -3.49. The van der Waals surface area contributed by atoms with Crippen LogP contribution in [0.5, 0.6) is 0 Å². The van der Waals surface area contributed by atoms with Crippen LogP contribution in [0.15, 0.2) is 59.5 Å². The second-order valence-electron chi connectivity index (χ2n) is 11.3. The highest BCUT2D eigenvalue weighted by atomic mass is 32.2. The molecule has 2 aromatic carbocycles. The van der Waals surface area contributed by atoms with Crippen LogP contribution in [0.2, 0.25) is 0 Å². The van der Waals surface area contributed by atoms with Gasteiger partial charge in [0.1, 0.15) is 0 Å². The predicted molar refractivity (Wildman–Crippen MR) is 133 cm³/mol. The SMILES string of the molecule is O=C(Nc1ccc(C23CC4CC(CC(C4)C2)C3)cc1)C1CCN(S(=O)(=O)c2ccccc2)CC1. The van der Waals surface area contributed by atoms with Gasteiger partial charge in [-0.15, -0.1) is 0 Å². The number of carbonyl (C=O) groups is 1. The molecule has 2 aromatic rings. The maximum absolute atomic E-state index is 12.9. The van der Waals surface area contributed by atoms with E-state index in [1.54, 1.807) is 24.3 Å². The van der Waals surface area contributed by atoms with Crippen LogP contribution >= 0.6 is 0 Å². The molecule has 1 heterocycles. The summed E-state index contributed by atoms with van der Waals surface area (Å²) in [7, 11) is -3.49. The lowest BCUT2D eigenvalue weighted by Crippen LogP contribution is -2.48. The van der Waals surface area contributed by atoms with Gasteiger partial charge in [0.15, 0.2) is 0 Å². The first-order valence-electron chi connectivity index (χ1n) is 12.9. The van der Waals surface area contributed by atoms with Crippen molar-refractivity contribution < 1.29 is 13.2 Å². The molecule has 0 aromatic heterocycles. The number of hydrogen-bond donors (Lipinski definition) is 1. The maximum atomic E-state index is 12.9. The van der Waals surface area contributed by atoms with Crippen molar-refractivity contribution in [1.82, 2.24) is 4.31 Å². The van der Waals surface area contributed by atoms with Crippen molar-refractivity contribution in [2.24, 2.45) is 23.7 Å². The average molecular weight is 479 g/mol. The van der Waals surface area contributed by atoms with Gasteiger partial charge in [-0.2, -0.15) is 4.31 Å². The highest BCUT2D eigenvalue weighted by molar-refractivity contribution is 7.89. The monoisotopic (exact) mass is 478 g/mol. The van der Waals surface area contributed by atoms with E-state index in [1.165, 1.54) is 48.4 Å². The largest absolute Gasteiger partial charge is 0.326 e. The highest BCUT2D eigenvalue weighted by Gasteiger charge is 2.51. The van der Waals surface area contributed by atoms with E-state index in [-0.39, 0.29) is 11.8 Å². The molecule has 6 heteroatoms. The molecule has 1 N–H and O–H groups in total. The first-order valence-corrected chi connectivity index (χ1v) is 14.3. The fourth-order valence-electron chi connectivity index (χ4n) is 7.72. The average Bonchev–Trinajstić information content (AvgIpc) is 2.84. The number of amides is 1. The van der Waals surface area contributed by atoms with Crippen molar-refractivity contribution >= 4 is 21.6 Å². The summed E-state index contributed by atoms with van der Waals surface area (Å²) >= 11 is 0. The molecule has 1 aliphatic heterocycles. The lowest BCUT2D eigenvalue weighted by Gasteiger charge is -2.57. The van der Waals surface area contributed by atoms with Gasteiger partial charge in [-0.3, -0.25) is 4.79 Å². The molecule has 5 fully saturated rings. The van der Waals surface area contributed by atoms with Gasteiger partial charge in [0.25, 0.3) is 0 Å². The Balaban J connectivity index is 1.07. The van der Waals surface area contributed by atoms with Crippen LogP contribution in [0.25, 0.3) is 0 Å². The Labute approximate surface area is 203 Å². The molecule has 34 heavy (non-hydrogen) atoms. The predicted octanol–water partition coefficient (Wildman–Crippen LogP) is 5.19. The molecule has 0 spiro atoms. The maximum Gasteiger partial charge on any atom is 0.243 e. The number of hydrogen-bond acceptors (Lipinski definition) is 3. The number of carbonyl (C=O) groups excluding carboxylic acids is 1. The number of sulfonamides is 1. The van der Waals surface area contributed by atoms with Crippen molar-refractivity contribution in [1.29, 1.82) is 0 Å². The minimum Gasteiger partial charge on any atom is -0.326 e. The first-order chi connectivity index (χ1) is 16.4. The summed E-state index contributed by atoms with van der Waals surface area (Å²) in [4.78, 5) is 13.2. The Hall–Kier alpha value is -2.18. The van der Waals surface area contributed by atoms with Gasteiger partial charge < -0.3 is 5.32 Å². The van der Waals surface area contributed by atoms with Crippen molar-refractivity contribution in [3.8, 4) is 0 Å². The van der Waals surface area contributed by atoms with Gasteiger partial charge in [-0.25, -0.2) is 8.42 Å². The van der Waals surface area contributed by atoms with E-state index < -0.39 is 10.0 Å². The van der Waals surface area contributed by atoms with E-state index in [2.05, 4.69) is 29.6 Å². The van der Waals surface area contributed by atoms with Crippen molar-refractivity contribution in [2.75, 3.05) is 18.4 Å². The van der Waals surface area contributed by atoms with E-state index in [9.17, 15) is 13.2 Å². The van der Waals surface area contributed by atoms with Gasteiger partial charge in [-0.05, 0) is 104 Å². The Morgan fingerprint density at radius 1 is 0.824 bits per heavy atom. The van der Waals surface area contributed by atoms with E-state index in [1.807, 2.05) is 6.07 Å². The molecule has 4 bridgehead atoms. The lowest BCUT2D eigenvalue weighted by atomic mass is 9.48. The van der Waals surface area contributed by atoms with E-state index in [4.69, 9.17) is 0 Å². The summed E-state index contributed by atoms with van der Waals surface area (Å²) in [6.07, 6.45) is 9.45. The number of nitrogens with one attached hydrogen (secondary N) is 1. The standard InChI is InChI=1S/C28H34N2O3S/c31-27(23-10-12-30(13-11-23)34(32,33)26-4-2-1-3-5-26)29-25-8-6-24(7-9-25)28-17-20-14-21(18-28)16-22(15-20)19-28/h1-9,20-23H,10-19H2,(H,29,31). The smallest absolute Gasteiger partial charge is 0.243 e. The third-order valence-corrected chi connectivity index (χ3v) is 10.9. The molecule has 180 valence electrons. The number of piperidine rings is 1. The lowest BCUT2D eigenvalue weighted by molar-refractivity contribution is -0.120. The molecule has 0 unspecified atom stereocenters. The summed E-state index contributed by atoms with van der Waals surface area (Å²) < 4.78 is 27.2. The second kappa shape index (κ2) is 8.49. The van der Waals surface area contributed by atoms with Gasteiger partial charge in [0, 0.05) is 24.7 Å².